The van der Waals surface area contributed by atoms with Crippen LogP contribution in [-0.4, -0.2) is 6.61 Å². The molecule has 17 heavy (non-hydrogen) atoms. The van der Waals surface area contributed by atoms with Gasteiger partial charge in [-0.25, -0.2) is 0 Å². The summed E-state index contributed by atoms with van der Waals surface area (Å²) in [5.41, 5.74) is 9.87. The molecule has 0 radical (unpaired) electrons. The second kappa shape index (κ2) is 6.65. The first-order valence-corrected chi connectivity index (χ1v) is 6.59. The van der Waals surface area contributed by atoms with Gasteiger partial charge in [-0.1, -0.05) is 26.3 Å². The Bertz CT molecular complexity index is 360. The van der Waals surface area contributed by atoms with Crippen molar-refractivity contribution in [1.29, 1.82) is 0 Å². The van der Waals surface area contributed by atoms with E-state index in [2.05, 4.69) is 39.8 Å². The zero-order chi connectivity index (χ0) is 12.8. The summed E-state index contributed by atoms with van der Waals surface area (Å²) in [6.45, 7) is 9.27. The number of benzene rings is 1. The van der Waals surface area contributed by atoms with Gasteiger partial charge in [0.05, 0.1) is 6.61 Å². The number of hydrogen-bond acceptors (Lipinski definition) is 2. The van der Waals surface area contributed by atoms with Crippen molar-refractivity contribution in [3.05, 3.63) is 28.8 Å². The summed E-state index contributed by atoms with van der Waals surface area (Å²) in [6.07, 6.45) is 3.19. The van der Waals surface area contributed by atoms with E-state index in [4.69, 9.17) is 10.5 Å². The van der Waals surface area contributed by atoms with Crippen LogP contribution in [0, 0.1) is 13.8 Å². The van der Waals surface area contributed by atoms with Crippen molar-refractivity contribution in [3.8, 4) is 5.75 Å². The Morgan fingerprint density at radius 2 is 1.82 bits per heavy atom. The molecular weight excluding hydrogens is 210 g/mol. The van der Waals surface area contributed by atoms with Crippen LogP contribution in [0.3, 0.4) is 0 Å². The van der Waals surface area contributed by atoms with Crippen molar-refractivity contribution in [2.24, 2.45) is 5.73 Å². The number of ether oxygens (including phenoxy) is 1. The standard InChI is InChI=1S/C15H25NO/c1-5-7-14(16)13-9-12(4)15(10-11(13)3)17-8-6-2/h9-10,14H,5-8,16H2,1-4H3. The van der Waals surface area contributed by atoms with E-state index in [0.717, 1.165) is 31.6 Å². The molecule has 1 atom stereocenters. The molecule has 2 heteroatoms. The van der Waals surface area contributed by atoms with Crippen LogP contribution in [0.5, 0.6) is 5.75 Å². The highest BCUT2D eigenvalue weighted by molar-refractivity contribution is 5.42. The summed E-state index contributed by atoms with van der Waals surface area (Å²) >= 11 is 0. The van der Waals surface area contributed by atoms with Gasteiger partial charge in [0.25, 0.3) is 0 Å². The molecule has 0 amide bonds. The second-order valence-electron chi connectivity index (χ2n) is 4.72. The highest BCUT2D eigenvalue weighted by atomic mass is 16.5. The van der Waals surface area contributed by atoms with Crippen LogP contribution < -0.4 is 10.5 Å². The molecule has 0 saturated carbocycles. The third-order valence-corrected chi connectivity index (χ3v) is 3.02. The van der Waals surface area contributed by atoms with Gasteiger partial charge in [0.2, 0.25) is 0 Å². The molecule has 1 aromatic rings. The molecular formula is C15H25NO. The summed E-state index contributed by atoms with van der Waals surface area (Å²) in [5.74, 6) is 0.997. The lowest BCUT2D eigenvalue weighted by molar-refractivity contribution is 0.315. The molecule has 0 aliphatic heterocycles. The quantitative estimate of drug-likeness (QED) is 0.811. The SMILES string of the molecule is CCCOc1cc(C)c(C(N)CCC)cc1C. The van der Waals surface area contributed by atoms with Crippen molar-refractivity contribution in [3.63, 3.8) is 0 Å². The normalized spacial score (nSPS) is 12.5. The Morgan fingerprint density at radius 3 is 2.41 bits per heavy atom. The summed E-state index contributed by atoms with van der Waals surface area (Å²) < 4.78 is 5.72. The van der Waals surface area contributed by atoms with E-state index in [0.29, 0.717) is 0 Å². The highest BCUT2D eigenvalue weighted by Gasteiger charge is 2.11. The smallest absolute Gasteiger partial charge is 0.122 e. The van der Waals surface area contributed by atoms with Crippen molar-refractivity contribution >= 4 is 0 Å². The van der Waals surface area contributed by atoms with E-state index >= 15 is 0 Å². The monoisotopic (exact) mass is 235 g/mol. The zero-order valence-electron chi connectivity index (χ0n) is 11.5. The second-order valence-corrected chi connectivity index (χ2v) is 4.72. The first kappa shape index (κ1) is 14.0. The first-order chi connectivity index (χ1) is 8.10. The molecule has 96 valence electrons. The maximum absolute atomic E-state index is 6.18. The molecule has 1 unspecified atom stereocenters. The highest BCUT2D eigenvalue weighted by Crippen LogP contribution is 2.27. The van der Waals surface area contributed by atoms with Crippen LogP contribution in [0.2, 0.25) is 0 Å². The number of hydrogen-bond donors (Lipinski definition) is 1. The summed E-state index contributed by atoms with van der Waals surface area (Å²) in [7, 11) is 0. The fourth-order valence-electron chi connectivity index (χ4n) is 2.05. The van der Waals surface area contributed by atoms with E-state index in [-0.39, 0.29) is 6.04 Å². The zero-order valence-corrected chi connectivity index (χ0v) is 11.5. The fraction of sp³-hybridized carbons (Fsp3) is 0.600. The van der Waals surface area contributed by atoms with Gasteiger partial charge in [-0.05, 0) is 49.4 Å². The van der Waals surface area contributed by atoms with Crippen LogP contribution >= 0.6 is 0 Å². The van der Waals surface area contributed by atoms with E-state index < -0.39 is 0 Å². The molecule has 0 aliphatic carbocycles. The molecule has 0 fully saturated rings. The maximum Gasteiger partial charge on any atom is 0.122 e. The fourth-order valence-corrected chi connectivity index (χ4v) is 2.05. The van der Waals surface area contributed by atoms with Gasteiger partial charge in [0.15, 0.2) is 0 Å². The average Bonchev–Trinajstić information content (AvgIpc) is 2.30. The lowest BCUT2D eigenvalue weighted by Gasteiger charge is -2.17. The molecule has 0 spiro atoms. The average molecular weight is 235 g/mol. The van der Waals surface area contributed by atoms with Gasteiger partial charge in [-0.2, -0.15) is 0 Å². The van der Waals surface area contributed by atoms with Crippen molar-refractivity contribution in [2.75, 3.05) is 6.61 Å². The summed E-state index contributed by atoms with van der Waals surface area (Å²) in [4.78, 5) is 0. The van der Waals surface area contributed by atoms with E-state index in [1.54, 1.807) is 0 Å². The Kier molecular flexibility index (Phi) is 5.49. The molecule has 0 aromatic heterocycles. The minimum Gasteiger partial charge on any atom is -0.493 e. The third-order valence-electron chi connectivity index (χ3n) is 3.02. The largest absolute Gasteiger partial charge is 0.493 e. The van der Waals surface area contributed by atoms with Crippen LogP contribution in [0.15, 0.2) is 12.1 Å². The molecule has 1 rings (SSSR count). The minimum atomic E-state index is 0.152. The van der Waals surface area contributed by atoms with Gasteiger partial charge >= 0.3 is 0 Å². The van der Waals surface area contributed by atoms with Crippen molar-refractivity contribution in [2.45, 2.75) is 53.0 Å². The lowest BCUT2D eigenvalue weighted by atomic mass is 9.96. The molecule has 0 heterocycles. The Balaban J connectivity index is 2.92. The van der Waals surface area contributed by atoms with E-state index in [9.17, 15) is 0 Å². The molecule has 0 saturated heterocycles. The Morgan fingerprint density at radius 1 is 1.12 bits per heavy atom. The molecule has 0 aliphatic rings. The number of nitrogens with two attached hydrogens (primary N) is 1. The molecule has 1 aromatic carbocycles. The van der Waals surface area contributed by atoms with Gasteiger partial charge in [0.1, 0.15) is 5.75 Å². The summed E-state index contributed by atoms with van der Waals surface area (Å²) in [5, 5.41) is 0. The molecule has 2 nitrogen and oxygen atoms in total. The molecule has 0 bridgehead atoms. The van der Waals surface area contributed by atoms with Gasteiger partial charge in [-0.3, -0.25) is 0 Å². The first-order valence-electron chi connectivity index (χ1n) is 6.59. The Hall–Kier alpha value is -1.02. The van der Waals surface area contributed by atoms with E-state index in [1.165, 1.54) is 16.7 Å². The van der Waals surface area contributed by atoms with Crippen molar-refractivity contribution < 1.29 is 4.74 Å². The maximum atomic E-state index is 6.18. The predicted octanol–water partition coefficient (Wildman–Crippen LogP) is 3.89. The van der Waals surface area contributed by atoms with Crippen LogP contribution in [-0.2, 0) is 0 Å². The molecule has 2 N–H and O–H groups in total. The van der Waals surface area contributed by atoms with Gasteiger partial charge < -0.3 is 10.5 Å². The van der Waals surface area contributed by atoms with E-state index in [1.807, 2.05) is 0 Å². The van der Waals surface area contributed by atoms with Crippen LogP contribution in [0.1, 0.15) is 55.8 Å². The number of aryl methyl sites for hydroxylation is 2. The van der Waals surface area contributed by atoms with Gasteiger partial charge in [-0.15, -0.1) is 0 Å². The van der Waals surface area contributed by atoms with Crippen LogP contribution in [0.25, 0.3) is 0 Å². The number of rotatable bonds is 6. The Labute approximate surface area is 105 Å². The lowest BCUT2D eigenvalue weighted by Crippen LogP contribution is -2.12. The topological polar surface area (TPSA) is 35.2 Å². The predicted molar refractivity (Wildman–Crippen MR) is 73.5 cm³/mol. The van der Waals surface area contributed by atoms with Gasteiger partial charge in [0, 0.05) is 6.04 Å². The minimum absolute atomic E-state index is 0.152. The van der Waals surface area contributed by atoms with Crippen molar-refractivity contribution in [1.82, 2.24) is 0 Å². The summed E-state index contributed by atoms with van der Waals surface area (Å²) in [6, 6.07) is 4.45. The van der Waals surface area contributed by atoms with Crippen LogP contribution in [0.4, 0.5) is 0 Å². The third kappa shape index (κ3) is 3.74.